The second-order valence-corrected chi connectivity index (χ2v) is 3.50. The molecule has 0 heterocycles. The van der Waals surface area contributed by atoms with Gasteiger partial charge >= 0.3 is 0 Å². The molecule has 0 amide bonds. The van der Waals surface area contributed by atoms with Crippen molar-refractivity contribution in [3.8, 4) is 5.75 Å². The number of phenols is 1. The van der Waals surface area contributed by atoms with Crippen molar-refractivity contribution in [2.75, 3.05) is 6.54 Å². The largest absolute Gasteiger partial charge is 0.505 e. The van der Waals surface area contributed by atoms with E-state index in [0.717, 1.165) is 0 Å². The molecule has 0 aliphatic heterocycles. The maximum absolute atomic E-state index is 13.1. The van der Waals surface area contributed by atoms with E-state index in [4.69, 9.17) is 11.5 Å². The molecular weight excluding hydrogens is 274 g/mol. The molecule has 0 unspecified atom stereocenters. The minimum atomic E-state index is -0.707. The van der Waals surface area contributed by atoms with E-state index in [1.54, 1.807) is 6.07 Å². The number of rotatable bonds is 2. The third-order valence-electron chi connectivity index (χ3n) is 1.75. The Kier molecular flexibility index (Phi) is 5.36. The van der Waals surface area contributed by atoms with Gasteiger partial charge in [0.25, 0.3) is 0 Å². The first-order chi connectivity index (χ1) is 6.07. The molecule has 1 rings (SSSR count). The number of hydrogen-bond acceptors (Lipinski definition) is 3. The van der Waals surface area contributed by atoms with Crippen LogP contribution in [0.15, 0.2) is 16.6 Å². The van der Waals surface area contributed by atoms with Gasteiger partial charge < -0.3 is 16.6 Å². The lowest BCUT2D eigenvalue weighted by molar-refractivity contribution is 0.419. The van der Waals surface area contributed by atoms with Gasteiger partial charge in [-0.15, -0.1) is 12.4 Å². The van der Waals surface area contributed by atoms with Gasteiger partial charge in [-0.25, -0.2) is 4.39 Å². The van der Waals surface area contributed by atoms with Crippen molar-refractivity contribution in [1.29, 1.82) is 0 Å². The molecular formula is C8H11BrClFN2O. The molecule has 0 aliphatic carbocycles. The smallest absolute Gasteiger partial charge is 0.179 e. The van der Waals surface area contributed by atoms with Crippen molar-refractivity contribution in [3.63, 3.8) is 0 Å². The van der Waals surface area contributed by atoms with Crippen molar-refractivity contribution in [1.82, 2.24) is 0 Å². The maximum Gasteiger partial charge on any atom is 0.179 e. The van der Waals surface area contributed by atoms with Crippen molar-refractivity contribution >= 4 is 28.3 Å². The highest BCUT2D eigenvalue weighted by Crippen LogP contribution is 2.30. The fourth-order valence-corrected chi connectivity index (χ4v) is 1.30. The normalized spacial score (nSPS) is 12.0. The zero-order valence-electron chi connectivity index (χ0n) is 7.21. The summed E-state index contributed by atoms with van der Waals surface area (Å²) in [5.41, 5.74) is 11.2. The molecule has 0 aromatic heterocycles. The molecule has 14 heavy (non-hydrogen) atoms. The van der Waals surface area contributed by atoms with Crippen molar-refractivity contribution in [2.24, 2.45) is 11.5 Å². The second kappa shape index (κ2) is 5.50. The van der Waals surface area contributed by atoms with E-state index in [9.17, 15) is 9.50 Å². The first-order valence-electron chi connectivity index (χ1n) is 3.70. The highest BCUT2D eigenvalue weighted by molar-refractivity contribution is 9.10. The summed E-state index contributed by atoms with van der Waals surface area (Å²) in [6.45, 7) is 0.161. The van der Waals surface area contributed by atoms with Crippen LogP contribution in [0.1, 0.15) is 11.6 Å². The molecule has 0 radical (unpaired) electrons. The quantitative estimate of drug-likeness (QED) is 0.774. The highest BCUT2D eigenvalue weighted by Gasteiger charge is 2.14. The van der Waals surface area contributed by atoms with Crippen LogP contribution in [0.2, 0.25) is 0 Å². The maximum atomic E-state index is 13.1. The topological polar surface area (TPSA) is 72.3 Å². The molecule has 0 fully saturated rings. The van der Waals surface area contributed by atoms with E-state index >= 15 is 0 Å². The average molecular weight is 286 g/mol. The van der Waals surface area contributed by atoms with Crippen molar-refractivity contribution in [2.45, 2.75) is 6.04 Å². The highest BCUT2D eigenvalue weighted by atomic mass is 79.9. The van der Waals surface area contributed by atoms with Crippen LogP contribution in [0.5, 0.6) is 5.75 Å². The monoisotopic (exact) mass is 284 g/mol. The van der Waals surface area contributed by atoms with E-state index in [0.29, 0.717) is 5.56 Å². The zero-order valence-corrected chi connectivity index (χ0v) is 9.61. The van der Waals surface area contributed by atoms with Crippen LogP contribution >= 0.6 is 28.3 Å². The van der Waals surface area contributed by atoms with Crippen LogP contribution in [0.25, 0.3) is 0 Å². The Balaban J connectivity index is 0.00000169. The Morgan fingerprint density at radius 2 is 2.07 bits per heavy atom. The Labute approximate surface area is 95.8 Å². The summed E-state index contributed by atoms with van der Waals surface area (Å²) in [6.07, 6.45) is 0. The number of benzene rings is 1. The van der Waals surface area contributed by atoms with Gasteiger partial charge in [0, 0.05) is 18.2 Å². The van der Waals surface area contributed by atoms with Gasteiger partial charge in [-0.3, -0.25) is 0 Å². The van der Waals surface area contributed by atoms with E-state index in [2.05, 4.69) is 15.9 Å². The third kappa shape index (κ3) is 2.57. The Morgan fingerprint density at radius 3 is 2.57 bits per heavy atom. The third-order valence-corrected chi connectivity index (χ3v) is 2.37. The van der Waals surface area contributed by atoms with Crippen LogP contribution < -0.4 is 11.5 Å². The molecule has 3 nitrogen and oxygen atoms in total. The number of hydrogen-bond donors (Lipinski definition) is 3. The van der Waals surface area contributed by atoms with Gasteiger partial charge in [0.05, 0.1) is 4.47 Å². The van der Waals surface area contributed by atoms with Gasteiger partial charge in [0.2, 0.25) is 0 Å². The summed E-state index contributed by atoms with van der Waals surface area (Å²) in [7, 11) is 0. The van der Waals surface area contributed by atoms with E-state index < -0.39 is 17.6 Å². The van der Waals surface area contributed by atoms with Gasteiger partial charge in [0.1, 0.15) is 0 Å². The van der Waals surface area contributed by atoms with Gasteiger partial charge in [0.15, 0.2) is 11.6 Å². The summed E-state index contributed by atoms with van der Waals surface area (Å²) in [6, 6.07) is 2.49. The van der Waals surface area contributed by atoms with Crippen LogP contribution in [-0.4, -0.2) is 11.7 Å². The first-order valence-corrected chi connectivity index (χ1v) is 4.49. The lowest BCUT2D eigenvalue weighted by Crippen LogP contribution is -2.21. The summed E-state index contributed by atoms with van der Waals surface area (Å²) in [5.74, 6) is -1.14. The summed E-state index contributed by atoms with van der Waals surface area (Å²) < 4.78 is 13.3. The molecule has 0 bridgehead atoms. The molecule has 1 aromatic carbocycles. The van der Waals surface area contributed by atoms with Crippen LogP contribution in [0.4, 0.5) is 4.39 Å². The zero-order chi connectivity index (χ0) is 10.0. The summed E-state index contributed by atoms with van der Waals surface area (Å²) in [4.78, 5) is 0. The molecule has 0 saturated carbocycles. The average Bonchev–Trinajstić information content (AvgIpc) is 2.13. The van der Waals surface area contributed by atoms with Crippen molar-refractivity contribution in [3.05, 3.63) is 28.0 Å². The van der Waals surface area contributed by atoms with Gasteiger partial charge in [-0.1, -0.05) is 6.07 Å². The number of nitrogens with two attached hydrogens (primary N) is 2. The van der Waals surface area contributed by atoms with Gasteiger partial charge in [-0.2, -0.15) is 0 Å². The van der Waals surface area contributed by atoms with Gasteiger partial charge in [-0.05, 0) is 22.0 Å². The van der Waals surface area contributed by atoms with E-state index in [1.807, 2.05) is 0 Å². The first kappa shape index (κ1) is 13.6. The lowest BCUT2D eigenvalue weighted by atomic mass is 10.1. The Morgan fingerprint density at radius 1 is 1.50 bits per heavy atom. The number of phenolic OH excluding ortho intramolecular Hbond substituents is 1. The molecule has 0 spiro atoms. The Hall–Kier alpha value is -0.360. The minimum absolute atomic E-state index is 0. The SMILES string of the molecule is Cl.NC[C@H](N)c1ccc(Br)c(F)c1O. The predicted molar refractivity (Wildman–Crippen MR) is 59.0 cm³/mol. The minimum Gasteiger partial charge on any atom is -0.505 e. The van der Waals surface area contributed by atoms with Crippen molar-refractivity contribution < 1.29 is 9.50 Å². The molecule has 80 valence electrons. The summed E-state index contributed by atoms with van der Waals surface area (Å²) >= 11 is 2.94. The second-order valence-electron chi connectivity index (χ2n) is 2.64. The van der Waals surface area contributed by atoms with Crippen LogP contribution in [0.3, 0.4) is 0 Å². The fourth-order valence-electron chi connectivity index (χ4n) is 0.981. The fraction of sp³-hybridized carbons (Fsp3) is 0.250. The summed E-state index contributed by atoms with van der Waals surface area (Å²) in [5, 5.41) is 9.34. The molecule has 5 N–H and O–H groups in total. The molecule has 0 saturated heterocycles. The predicted octanol–water partition coefficient (Wildman–Crippen LogP) is 1.67. The van der Waals surface area contributed by atoms with E-state index in [-0.39, 0.29) is 23.4 Å². The number of aromatic hydroxyl groups is 1. The Bertz CT molecular complexity index is 324. The molecule has 6 heteroatoms. The van der Waals surface area contributed by atoms with Crippen LogP contribution in [-0.2, 0) is 0 Å². The lowest BCUT2D eigenvalue weighted by Gasteiger charge is -2.11. The molecule has 0 aliphatic rings. The molecule has 1 atom stereocenters. The number of halogens is 3. The standard InChI is InChI=1S/C8H10BrFN2O.ClH/c9-5-2-1-4(6(12)3-11)8(13)7(5)10;/h1-2,6,13H,3,11-12H2;1H/t6-;/m0./s1. The molecule has 1 aromatic rings. The van der Waals surface area contributed by atoms with Crippen LogP contribution in [0, 0.1) is 5.82 Å². The van der Waals surface area contributed by atoms with E-state index in [1.165, 1.54) is 6.07 Å².